The largest absolute Gasteiger partial charge is 0.389 e. The maximum atomic E-state index is 9.85. The number of benzene rings is 1. The van der Waals surface area contributed by atoms with E-state index in [4.69, 9.17) is 0 Å². The van der Waals surface area contributed by atoms with Crippen LogP contribution in [0.3, 0.4) is 0 Å². The summed E-state index contributed by atoms with van der Waals surface area (Å²) >= 11 is 0. The molecule has 0 heterocycles. The second kappa shape index (κ2) is 2.60. The van der Waals surface area contributed by atoms with Gasteiger partial charge in [-0.1, -0.05) is 37.3 Å². The molecule has 0 radical (unpaired) electrons. The lowest BCUT2D eigenvalue weighted by atomic mass is 10.1. The van der Waals surface area contributed by atoms with Crippen molar-refractivity contribution in [2.75, 3.05) is 0 Å². The van der Waals surface area contributed by atoms with E-state index < -0.39 is 0 Å². The van der Waals surface area contributed by atoms with Gasteiger partial charge < -0.3 is 5.11 Å². The van der Waals surface area contributed by atoms with Gasteiger partial charge >= 0.3 is 0 Å². The predicted molar refractivity (Wildman–Crippen MR) is 48.9 cm³/mol. The maximum absolute atomic E-state index is 9.85. The molecule has 64 valence electrons. The van der Waals surface area contributed by atoms with Crippen molar-refractivity contribution >= 4 is 0 Å². The van der Waals surface area contributed by atoms with Crippen LogP contribution in [0.4, 0.5) is 0 Å². The molecule has 0 aromatic heterocycles. The Kier molecular flexibility index (Phi) is 1.69. The molecule has 0 amide bonds. The van der Waals surface area contributed by atoms with Gasteiger partial charge in [-0.25, -0.2) is 0 Å². The van der Waals surface area contributed by atoms with Crippen LogP contribution >= 0.6 is 0 Å². The Morgan fingerprint density at radius 2 is 2.00 bits per heavy atom. The zero-order chi connectivity index (χ0) is 8.60. The maximum Gasteiger partial charge on any atom is 0.0718 e. The van der Waals surface area contributed by atoms with Crippen LogP contribution in [-0.2, 0) is 6.42 Å². The fourth-order valence-corrected chi connectivity index (χ4v) is 1.67. The first-order valence-corrected chi connectivity index (χ1v) is 4.47. The van der Waals surface area contributed by atoms with Gasteiger partial charge in [0.05, 0.1) is 5.60 Å². The zero-order valence-electron chi connectivity index (χ0n) is 7.33. The van der Waals surface area contributed by atoms with Gasteiger partial charge in [0.25, 0.3) is 0 Å². The second-order valence-electron chi connectivity index (χ2n) is 3.87. The van der Waals surface area contributed by atoms with Gasteiger partial charge in [-0.05, 0) is 17.9 Å². The van der Waals surface area contributed by atoms with Crippen molar-refractivity contribution in [3.8, 4) is 0 Å². The van der Waals surface area contributed by atoms with E-state index >= 15 is 0 Å². The fourth-order valence-electron chi connectivity index (χ4n) is 1.67. The van der Waals surface area contributed by atoms with Crippen LogP contribution in [0.5, 0.6) is 0 Å². The summed E-state index contributed by atoms with van der Waals surface area (Å²) < 4.78 is 0. The summed E-state index contributed by atoms with van der Waals surface area (Å²) in [7, 11) is 0. The summed E-state index contributed by atoms with van der Waals surface area (Å²) in [6.45, 7) is 2.10. The highest BCUT2D eigenvalue weighted by atomic mass is 16.3. The standard InChI is InChI=1S/C11H14O/c1-9-7-11(9,12)8-10-5-3-2-4-6-10/h2-6,9,12H,7-8H2,1H3/t9-,11-/m0/s1. The summed E-state index contributed by atoms with van der Waals surface area (Å²) in [6.07, 6.45) is 1.77. The van der Waals surface area contributed by atoms with Crippen LogP contribution in [0, 0.1) is 5.92 Å². The molecule has 1 aliphatic rings. The van der Waals surface area contributed by atoms with Crippen LogP contribution in [0.2, 0.25) is 0 Å². The van der Waals surface area contributed by atoms with Crippen molar-refractivity contribution in [1.82, 2.24) is 0 Å². The molecule has 1 fully saturated rings. The lowest BCUT2D eigenvalue weighted by Gasteiger charge is -2.07. The van der Waals surface area contributed by atoms with Gasteiger partial charge in [-0.3, -0.25) is 0 Å². The number of hydrogen-bond donors (Lipinski definition) is 1. The smallest absolute Gasteiger partial charge is 0.0718 e. The first kappa shape index (κ1) is 7.81. The average Bonchev–Trinajstić information content (AvgIpc) is 2.61. The third-order valence-corrected chi connectivity index (χ3v) is 2.77. The van der Waals surface area contributed by atoms with E-state index in [2.05, 4.69) is 19.1 Å². The molecule has 12 heavy (non-hydrogen) atoms. The quantitative estimate of drug-likeness (QED) is 0.705. The van der Waals surface area contributed by atoms with E-state index in [0.29, 0.717) is 5.92 Å². The van der Waals surface area contributed by atoms with E-state index in [1.807, 2.05) is 18.2 Å². The van der Waals surface area contributed by atoms with Crippen LogP contribution in [0.25, 0.3) is 0 Å². The van der Waals surface area contributed by atoms with Gasteiger partial charge in [0.1, 0.15) is 0 Å². The molecular formula is C11H14O. The monoisotopic (exact) mass is 162 g/mol. The summed E-state index contributed by atoms with van der Waals surface area (Å²) in [4.78, 5) is 0. The Morgan fingerprint density at radius 3 is 2.50 bits per heavy atom. The molecule has 0 unspecified atom stereocenters. The molecule has 0 spiro atoms. The third-order valence-electron chi connectivity index (χ3n) is 2.77. The highest BCUT2D eigenvalue weighted by Gasteiger charge is 2.49. The number of hydrogen-bond acceptors (Lipinski definition) is 1. The minimum Gasteiger partial charge on any atom is -0.389 e. The van der Waals surface area contributed by atoms with E-state index in [9.17, 15) is 5.11 Å². The molecule has 1 nitrogen and oxygen atoms in total. The number of aliphatic hydroxyl groups is 1. The molecule has 0 aliphatic heterocycles. The minimum atomic E-state index is -0.388. The minimum absolute atomic E-state index is 0.388. The Labute approximate surface area is 73.0 Å². The molecule has 1 saturated carbocycles. The summed E-state index contributed by atoms with van der Waals surface area (Å²) in [5, 5.41) is 9.85. The summed E-state index contributed by atoms with van der Waals surface area (Å²) in [5.74, 6) is 0.484. The van der Waals surface area contributed by atoms with Crippen molar-refractivity contribution in [3.63, 3.8) is 0 Å². The molecule has 0 bridgehead atoms. The van der Waals surface area contributed by atoms with Crippen LogP contribution in [0.15, 0.2) is 30.3 Å². The Morgan fingerprint density at radius 1 is 1.42 bits per heavy atom. The summed E-state index contributed by atoms with van der Waals surface area (Å²) in [5.41, 5.74) is 0.853. The van der Waals surface area contributed by atoms with Crippen molar-refractivity contribution in [1.29, 1.82) is 0 Å². The van der Waals surface area contributed by atoms with Crippen LogP contribution < -0.4 is 0 Å². The predicted octanol–water partition coefficient (Wildman–Crippen LogP) is 2.00. The van der Waals surface area contributed by atoms with E-state index in [1.54, 1.807) is 0 Å². The van der Waals surface area contributed by atoms with Gasteiger partial charge in [-0.15, -0.1) is 0 Å². The summed E-state index contributed by atoms with van der Waals surface area (Å²) in [6, 6.07) is 10.2. The molecular weight excluding hydrogens is 148 g/mol. The van der Waals surface area contributed by atoms with E-state index in [-0.39, 0.29) is 5.60 Å². The average molecular weight is 162 g/mol. The topological polar surface area (TPSA) is 20.2 Å². The van der Waals surface area contributed by atoms with Crippen LogP contribution in [0.1, 0.15) is 18.9 Å². The normalized spacial score (nSPS) is 33.3. The van der Waals surface area contributed by atoms with Gasteiger partial charge in [-0.2, -0.15) is 0 Å². The zero-order valence-corrected chi connectivity index (χ0v) is 7.33. The second-order valence-corrected chi connectivity index (χ2v) is 3.87. The van der Waals surface area contributed by atoms with Gasteiger partial charge in [0.2, 0.25) is 0 Å². The first-order chi connectivity index (χ1) is 5.71. The number of rotatable bonds is 2. The SMILES string of the molecule is C[C@H]1C[C@]1(O)Cc1ccccc1. The van der Waals surface area contributed by atoms with Crippen molar-refractivity contribution < 1.29 is 5.11 Å². The molecule has 1 heteroatoms. The molecule has 0 saturated heterocycles. The Balaban J connectivity index is 2.06. The third kappa shape index (κ3) is 1.37. The molecule has 1 N–H and O–H groups in total. The Bertz CT molecular complexity index is 268. The lowest BCUT2D eigenvalue weighted by molar-refractivity contribution is 0.135. The molecule has 1 aromatic rings. The first-order valence-electron chi connectivity index (χ1n) is 4.47. The highest BCUT2D eigenvalue weighted by molar-refractivity contribution is 5.20. The highest BCUT2D eigenvalue weighted by Crippen LogP contribution is 2.45. The van der Waals surface area contributed by atoms with Crippen molar-refractivity contribution in [3.05, 3.63) is 35.9 Å². The van der Waals surface area contributed by atoms with Crippen LogP contribution in [-0.4, -0.2) is 10.7 Å². The van der Waals surface area contributed by atoms with Gasteiger partial charge in [0.15, 0.2) is 0 Å². The van der Waals surface area contributed by atoms with E-state index in [0.717, 1.165) is 12.8 Å². The lowest BCUT2D eigenvalue weighted by Crippen LogP contribution is -2.13. The molecule has 1 aromatic carbocycles. The molecule has 1 aliphatic carbocycles. The van der Waals surface area contributed by atoms with E-state index in [1.165, 1.54) is 5.56 Å². The molecule has 2 atom stereocenters. The molecule has 2 rings (SSSR count). The van der Waals surface area contributed by atoms with Crippen molar-refractivity contribution in [2.24, 2.45) is 5.92 Å². The van der Waals surface area contributed by atoms with Crippen molar-refractivity contribution in [2.45, 2.75) is 25.4 Å². The fraction of sp³-hybridized carbons (Fsp3) is 0.455. The Hall–Kier alpha value is -0.820. The van der Waals surface area contributed by atoms with Gasteiger partial charge in [0, 0.05) is 6.42 Å².